The second-order valence-corrected chi connectivity index (χ2v) is 2.65. The number of hydrogen-bond donors (Lipinski definition) is 2. The zero-order valence-corrected chi connectivity index (χ0v) is 5.91. The van der Waals surface area contributed by atoms with E-state index >= 15 is 0 Å². The maximum atomic E-state index is 8.99. The van der Waals surface area contributed by atoms with Crippen LogP contribution in [0.4, 0.5) is 0 Å². The van der Waals surface area contributed by atoms with Crippen LogP contribution in [0, 0.1) is 0 Å². The fourth-order valence-corrected chi connectivity index (χ4v) is 0.730. The zero-order chi connectivity index (χ0) is 7.61. The molecule has 1 aliphatic carbocycles. The number of aliphatic hydroxyl groups excluding tert-OH is 1. The van der Waals surface area contributed by atoms with E-state index in [1.54, 1.807) is 24.3 Å². The van der Waals surface area contributed by atoms with Crippen LogP contribution in [0.25, 0.3) is 0 Å². The molecule has 0 aliphatic heterocycles. The summed E-state index contributed by atoms with van der Waals surface area (Å²) in [4.78, 5) is 0. The molecule has 0 aromatic rings. The summed E-state index contributed by atoms with van der Waals surface area (Å²) in [6, 6.07) is 0. The highest BCUT2D eigenvalue weighted by molar-refractivity contribution is 5.29. The first-order valence-corrected chi connectivity index (χ1v) is 3.17. The van der Waals surface area contributed by atoms with Crippen molar-refractivity contribution in [3.05, 3.63) is 36.1 Å². The Kier molecular flexibility index (Phi) is 1.64. The van der Waals surface area contributed by atoms with Crippen molar-refractivity contribution >= 4 is 0 Å². The summed E-state index contributed by atoms with van der Waals surface area (Å²) in [7, 11) is 0. The molecule has 0 aromatic heterocycles. The van der Waals surface area contributed by atoms with Crippen LogP contribution in [0.5, 0.6) is 0 Å². The molecule has 0 aromatic carbocycles. The van der Waals surface area contributed by atoms with Gasteiger partial charge in [0.05, 0.1) is 5.54 Å². The first-order valence-electron chi connectivity index (χ1n) is 3.17. The van der Waals surface area contributed by atoms with Gasteiger partial charge in [0, 0.05) is 0 Å². The molecule has 0 fully saturated rings. The Morgan fingerprint density at radius 3 is 2.90 bits per heavy atom. The molecule has 10 heavy (non-hydrogen) atoms. The Morgan fingerprint density at radius 2 is 2.20 bits per heavy atom. The van der Waals surface area contributed by atoms with Gasteiger partial charge in [-0.1, -0.05) is 18.2 Å². The highest BCUT2D eigenvalue weighted by Gasteiger charge is 2.09. The van der Waals surface area contributed by atoms with E-state index in [1.807, 2.05) is 13.0 Å². The minimum atomic E-state index is -0.430. The average molecular weight is 137 g/mol. The monoisotopic (exact) mass is 137 g/mol. The van der Waals surface area contributed by atoms with Crippen LogP contribution in [0.15, 0.2) is 36.1 Å². The predicted octanol–water partition coefficient (Wildman–Crippen LogP) is 1.27. The molecule has 1 aliphatic rings. The summed E-state index contributed by atoms with van der Waals surface area (Å²) in [6.07, 6.45) is 8.53. The summed E-state index contributed by atoms with van der Waals surface area (Å²) >= 11 is 0. The average Bonchev–Trinajstić information content (AvgIpc) is 1.94. The van der Waals surface area contributed by atoms with Crippen LogP contribution in [0.3, 0.4) is 0 Å². The van der Waals surface area contributed by atoms with Gasteiger partial charge in [-0.25, -0.2) is 0 Å². The molecular formula is C8H11NO. The van der Waals surface area contributed by atoms with Crippen molar-refractivity contribution < 1.29 is 5.11 Å². The minimum absolute atomic E-state index is 0.241. The molecule has 0 amide bonds. The Hall–Kier alpha value is -1.02. The van der Waals surface area contributed by atoms with Gasteiger partial charge in [-0.2, -0.15) is 0 Å². The van der Waals surface area contributed by atoms with Crippen LogP contribution in [-0.2, 0) is 0 Å². The molecule has 54 valence electrons. The Bertz CT molecular complexity index is 211. The van der Waals surface area contributed by atoms with Crippen molar-refractivity contribution in [1.29, 1.82) is 0 Å². The van der Waals surface area contributed by atoms with Crippen LogP contribution in [-0.4, -0.2) is 10.6 Å². The number of allylic oxidation sites excluding steroid dienone is 3. The van der Waals surface area contributed by atoms with Gasteiger partial charge < -0.3 is 10.8 Å². The molecule has 0 heterocycles. The van der Waals surface area contributed by atoms with Crippen LogP contribution in [0.2, 0.25) is 0 Å². The van der Waals surface area contributed by atoms with Crippen molar-refractivity contribution in [2.24, 2.45) is 5.73 Å². The van der Waals surface area contributed by atoms with E-state index in [-0.39, 0.29) is 5.76 Å². The van der Waals surface area contributed by atoms with Crippen molar-refractivity contribution in [1.82, 2.24) is 0 Å². The molecule has 0 bridgehead atoms. The Morgan fingerprint density at radius 1 is 1.50 bits per heavy atom. The van der Waals surface area contributed by atoms with Gasteiger partial charge in [0.1, 0.15) is 5.76 Å². The molecule has 0 saturated carbocycles. The van der Waals surface area contributed by atoms with Gasteiger partial charge in [-0.05, 0) is 19.1 Å². The Balaban J connectivity index is 2.88. The fraction of sp³-hybridized carbons (Fsp3) is 0.250. The van der Waals surface area contributed by atoms with Gasteiger partial charge in [0.25, 0.3) is 0 Å². The lowest BCUT2D eigenvalue weighted by atomic mass is 10.0. The molecule has 0 radical (unpaired) electrons. The molecular weight excluding hydrogens is 126 g/mol. The van der Waals surface area contributed by atoms with Crippen molar-refractivity contribution in [3.8, 4) is 0 Å². The van der Waals surface area contributed by atoms with E-state index in [1.165, 1.54) is 0 Å². The summed E-state index contributed by atoms with van der Waals surface area (Å²) in [6.45, 7) is 1.87. The first-order chi connectivity index (χ1) is 4.60. The lowest BCUT2D eigenvalue weighted by Gasteiger charge is -2.12. The van der Waals surface area contributed by atoms with Gasteiger partial charge in [0.15, 0.2) is 0 Å². The summed E-state index contributed by atoms with van der Waals surface area (Å²) < 4.78 is 0. The highest BCUT2D eigenvalue weighted by Crippen LogP contribution is 2.09. The van der Waals surface area contributed by atoms with E-state index in [0.717, 1.165) is 0 Å². The van der Waals surface area contributed by atoms with Crippen molar-refractivity contribution in [2.75, 3.05) is 0 Å². The first kappa shape index (κ1) is 7.09. The van der Waals surface area contributed by atoms with Crippen LogP contribution < -0.4 is 5.73 Å². The van der Waals surface area contributed by atoms with E-state index in [4.69, 9.17) is 10.8 Å². The van der Waals surface area contributed by atoms with Crippen molar-refractivity contribution in [2.45, 2.75) is 12.5 Å². The quantitative estimate of drug-likeness (QED) is 0.528. The molecule has 1 unspecified atom stereocenters. The third-order valence-electron chi connectivity index (χ3n) is 1.34. The maximum Gasteiger partial charge on any atom is 0.115 e. The summed E-state index contributed by atoms with van der Waals surface area (Å²) in [5.74, 6) is 0.241. The number of rotatable bonds is 0. The third kappa shape index (κ3) is 1.74. The minimum Gasteiger partial charge on any atom is -0.508 e. The molecule has 3 N–H and O–H groups in total. The van der Waals surface area contributed by atoms with Crippen LogP contribution in [0.1, 0.15) is 6.92 Å². The summed E-state index contributed by atoms with van der Waals surface area (Å²) in [5, 5.41) is 8.99. The molecule has 0 saturated heterocycles. The van der Waals surface area contributed by atoms with Crippen LogP contribution >= 0.6 is 0 Å². The molecule has 1 atom stereocenters. The number of aliphatic hydroxyl groups is 1. The zero-order valence-electron chi connectivity index (χ0n) is 5.91. The summed E-state index contributed by atoms with van der Waals surface area (Å²) in [5.41, 5.74) is 5.29. The highest BCUT2D eigenvalue weighted by atomic mass is 16.3. The van der Waals surface area contributed by atoms with Gasteiger partial charge in [0.2, 0.25) is 0 Å². The topological polar surface area (TPSA) is 46.2 Å². The van der Waals surface area contributed by atoms with Gasteiger partial charge >= 0.3 is 0 Å². The second-order valence-electron chi connectivity index (χ2n) is 2.65. The second kappa shape index (κ2) is 2.31. The molecule has 0 spiro atoms. The normalized spacial score (nSPS) is 31.6. The Labute approximate surface area is 60.4 Å². The predicted molar refractivity (Wildman–Crippen MR) is 41.6 cm³/mol. The SMILES string of the molecule is CC1(N)C=CC=C(O)C=C1. The lowest BCUT2D eigenvalue weighted by Crippen LogP contribution is -2.30. The van der Waals surface area contributed by atoms with Gasteiger partial charge in [-0.15, -0.1) is 0 Å². The standard InChI is InChI=1S/C8H11NO/c1-8(9)5-2-3-7(10)4-6-8/h2-6,10H,9H2,1H3. The molecule has 1 rings (SSSR count). The van der Waals surface area contributed by atoms with E-state index in [2.05, 4.69) is 0 Å². The van der Waals surface area contributed by atoms with Crippen molar-refractivity contribution in [3.63, 3.8) is 0 Å². The van der Waals surface area contributed by atoms with Gasteiger partial charge in [-0.3, -0.25) is 0 Å². The smallest absolute Gasteiger partial charge is 0.115 e. The van der Waals surface area contributed by atoms with E-state index < -0.39 is 5.54 Å². The molecule has 2 nitrogen and oxygen atoms in total. The largest absolute Gasteiger partial charge is 0.508 e. The number of nitrogens with two attached hydrogens (primary N) is 1. The maximum absolute atomic E-state index is 8.99. The van der Waals surface area contributed by atoms with E-state index in [0.29, 0.717) is 0 Å². The van der Waals surface area contributed by atoms with E-state index in [9.17, 15) is 0 Å². The third-order valence-corrected chi connectivity index (χ3v) is 1.34. The number of hydrogen-bond acceptors (Lipinski definition) is 2. The molecule has 2 heteroatoms. The lowest BCUT2D eigenvalue weighted by molar-refractivity contribution is 0.432. The fourth-order valence-electron chi connectivity index (χ4n) is 0.730.